The maximum atomic E-state index is 12.5. The van der Waals surface area contributed by atoms with Crippen LogP contribution in [-0.2, 0) is 27.0 Å². The number of carbonyl (C=O) groups excluding carboxylic acids is 2. The van der Waals surface area contributed by atoms with Gasteiger partial charge < -0.3 is 10.1 Å². The molecule has 1 N–H and O–H groups in total. The highest BCUT2D eigenvalue weighted by Crippen LogP contribution is 2.30. The maximum absolute atomic E-state index is 12.5. The molecule has 0 fully saturated rings. The SMILES string of the molecule is O=C(COC(=O)Cn1cnnn1)Nc1cccc(C(F)(F)F)c1. The van der Waals surface area contributed by atoms with E-state index in [1.807, 2.05) is 0 Å². The lowest BCUT2D eigenvalue weighted by Crippen LogP contribution is -2.23. The summed E-state index contributed by atoms with van der Waals surface area (Å²) >= 11 is 0. The Labute approximate surface area is 127 Å². The fraction of sp³-hybridized carbons (Fsp3) is 0.250. The third-order valence-electron chi connectivity index (χ3n) is 2.52. The molecule has 0 unspecified atom stereocenters. The molecular formula is C12H10F3N5O3. The summed E-state index contributed by atoms with van der Waals surface area (Å²) in [5.74, 6) is -1.54. The Bertz CT molecular complexity index is 687. The van der Waals surface area contributed by atoms with Crippen LogP contribution in [0.1, 0.15) is 5.56 Å². The molecule has 0 saturated heterocycles. The first-order valence-electron chi connectivity index (χ1n) is 6.18. The van der Waals surface area contributed by atoms with E-state index in [0.29, 0.717) is 0 Å². The minimum Gasteiger partial charge on any atom is -0.454 e. The number of rotatable bonds is 5. The number of esters is 1. The number of carbonyl (C=O) groups is 2. The van der Waals surface area contributed by atoms with Crippen molar-refractivity contribution in [3.63, 3.8) is 0 Å². The van der Waals surface area contributed by atoms with Crippen molar-refractivity contribution in [3.8, 4) is 0 Å². The molecule has 8 nitrogen and oxygen atoms in total. The van der Waals surface area contributed by atoms with Crippen LogP contribution in [0.2, 0.25) is 0 Å². The molecule has 1 aromatic carbocycles. The molecule has 0 aliphatic heterocycles. The second kappa shape index (κ2) is 6.85. The Morgan fingerprint density at radius 3 is 2.74 bits per heavy atom. The maximum Gasteiger partial charge on any atom is 0.416 e. The topological polar surface area (TPSA) is 99.0 Å². The normalized spacial score (nSPS) is 11.1. The summed E-state index contributed by atoms with van der Waals surface area (Å²) in [5, 5.41) is 12.3. The standard InChI is InChI=1S/C12H10F3N5O3/c13-12(14,15)8-2-1-3-9(4-8)17-10(21)6-23-11(22)5-20-7-16-18-19-20/h1-4,7H,5-6H2,(H,17,21). The molecule has 11 heteroatoms. The molecule has 0 spiro atoms. The van der Waals surface area contributed by atoms with E-state index in [-0.39, 0.29) is 12.2 Å². The van der Waals surface area contributed by atoms with Crippen molar-refractivity contribution in [1.29, 1.82) is 0 Å². The van der Waals surface area contributed by atoms with Gasteiger partial charge in [-0.25, -0.2) is 4.68 Å². The first-order valence-corrected chi connectivity index (χ1v) is 6.18. The zero-order valence-corrected chi connectivity index (χ0v) is 11.4. The first-order chi connectivity index (χ1) is 10.8. The van der Waals surface area contributed by atoms with E-state index in [2.05, 4.69) is 25.6 Å². The Hall–Kier alpha value is -2.98. The highest BCUT2D eigenvalue weighted by molar-refractivity contribution is 5.92. The summed E-state index contributed by atoms with van der Waals surface area (Å²) in [6, 6.07) is 4.10. The predicted octanol–water partition coefficient (Wildman–Crippen LogP) is 0.874. The molecule has 23 heavy (non-hydrogen) atoms. The van der Waals surface area contributed by atoms with Gasteiger partial charge in [0.2, 0.25) is 0 Å². The molecule has 0 radical (unpaired) electrons. The summed E-state index contributed by atoms with van der Waals surface area (Å²) in [4.78, 5) is 22.9. The highest BCUT2D eigenvalue weighted by Gasteiger charge is 2.30. The van der Waals surface area contributed by atoms with Crippen LogP contribution in [-0.4, -0.2) is 38.7 Å². The smallest absolute Gasteiger partial charge is 0.416 e. The molecule has 122 valence electrons. The van der Waals surface area contributed by atoms with E-state index in [0.717, 1.165) is 22.9 Å². The van der Waals surface area contributed by atoms with Gasteiger partial charge in [-0.15, -0.1) is 5.10 Å². The number of hydrogen-bond acceptors (Lipinski definition) is 6. The molecule has 0 saturated carbocycles. The van der Waals surface area contributed by atoms with Crippen molar-refractivity contribution in [2.75, 3.05) is 11.9 Å². The Kier molecular flexibility index (Phi) is 4.88. The summed E-state index contributed by atoms with van der Waals surface area (Å²) in [7, 11) is 0. The lowest BCUT2D eigenvalue weighted by Gasteiger charge is -2.10. The number of amides is 1. The van der Waals surface area contributed by atoms with Crippen LogP contribution in [0.4, 0.5) is 18.9 Å². The highest BCUT2D eigenvalue weighted by atomic mass is 19.4. The van der Waals surface area contributed by atoms with E-state index in [1.54, 1.807) is 0 Å². The van der Waals surface area contributed by atoms with Crippen LogP contribution in [0.3, 0.4) is 0 Å². The average Bonchev–Trinajstić information content (AvgIpc) is 2.97. The lowest BCUT2D eigenvalue weighted by molar-refractivity contribution is -0.148. The zero-order valence-electron chi connectivity index (χ0n) is 11.4. The van der Waals surface area contributed by atoms with Crippen LogP contribution < -0.4 is 5.32 Å². The monoisotopic (exact) mass is 329 g/mol. The van der Waals surface area contributed by atoms with Crippen molar-refractivity contribution in [2.45, 2.75) is 12.7 Å². The quantitative estimate of drug-likeness (QED) is 0.817. The summed E-state index contributed by atoms with van der Waals surface area (Å²) < 4.78 is 43.4. The fourth-order valence-electron chi connectivity index (χ4n) is 1.55. The third kappa shape index (κ3) is 5.05. The molecule has 2 aromatic rings. The molecule has 1 heterocycles. The van der Waals surface area contributed by atoms with E-state index < -0.39 is 30.2 Å². The van der Waals surface area contributed by atoms with Crippen LogP contribution in [0.5, 0.6) is 0 Å². The van der Waals surface area contributed by atoms with Gasteiger partial charge in [0.25, 0.3) is 5.91 Å². The van der Waals surface area contributed by atoms with Gasteiger partial charge in [-0.3, -0.25) is 9.59 Å². The van der Waals surface area contributed by atoms with Gasteiger partial charge in [0, 0.05) is 5.69 Å². The second-order valence-corrected chi connectivity index (χ2v) is 4.29. The Morgan fingerprint density at radius 1 is 1.30 bits per heavy atom. The van der Waals surface area contributed by atoms with Gasteiger partial charge in [0.1, 0.15) is 12.9 Å². The van der Waals surface area contributed by atoms with Gasteiger partial charge in [-0.05, 0) is 28.6 Å². The summed E-state index contributed by atoms with van der Waals surface area (Å²) in [6.45, 7) is -0.930. The van der Waals surface area contributed by atoms with E-state index >= 15 is 0 Å². The zero-order chi connectivity index (χ0) is 16.9. The number of ether oxygens (including phenoxy) is 1. The Balaban J connectivity index is 1.84. The third-order valence-corrected chi connectivity index (χ3v) is 2.52. The predicted molar refractivity (Wildman–Crippen MR) is 68.8 cm³/mol. The number of tetrazole rings is 1. The van der Waals surface area contributed by atoms with Crippen molar-refractivity contribution >= 4 is 17.6 Å². The summed E-state index contributed by atoms with van der Waals surface area (Å²) in [6.07, 6.45) is -3.33. The average molecular weight is 329 g/mol. The van der Waals surface area contributed by atoms with Gasteiger partial charge in [-0.1, -0.05) is 6.07 Å². The number of hydrogen-bond donors (Lipinski definition) is 1. The van der Waals surface area contributed by atoms with Gasteiger partial charge in [-0.2, -0.15) is 13.2 Å². The van der Waals surface area contributed by atoms with E-state index in [9.17, 15) is 22.8 Å². The van der Waals surface area contributed by atoms with E-state index in [1.165, 1.54) is 12.4 Å². The summed E-state index contributed by atoms with van der Waals surface area (Å²) in [5.41, 5.74) is -0.952. The minimum atomic E-state index is -4.51. The second-order valence-electron chi connectivity index (χ2n) is 4.29. The van der Waals surface area contributed by atoms with Gasteiger partial charge in [0.15, 0.2) is 6.61 Å². The van der Waals surface area contributed by atoms with Crippen LogP contribution in [0.25, 0.3) is 0 Å². The molecular weight excluding hydrogens is 319 g/mol. The van der Waals surface area contributed by atoms with Crippen LogP contribution in [0.15, 0.2) is 30.6 Å². The van der Waals surface area contributed by atoms with Gasteiger partial charge in [0.05, 0.1) is 5.56 Å². The number of aromatic nitrogens is 4. The largest absolute Gasteiger partial charge is 0.454 e. The van der Waals surface area contributed by atoms with Crippen LogP contribution >= 0.6 is 0 Å². The van der Waals surface area contributed by atoms with Crippen molar-refractivity contribution in [3.05, 3.63) is 36.2 Å². The molecule has 0 aliphatic carbocycles. The Morgan fingerprint density at radius 2 is 2.09 bits per heavy atom. The number of halogens is 3. The number of nitrogens with zero attached hydrogens (tertiary/aromatic N) is 4. The minimum absolute atomic E-state index is 0.0543. The number of alkyl halides is 3. The van der Waals surface area contributed by atoms with Crippen molar-refractivity contribution < 1.29 is 27.5 Å². The number of benzene rings is 1. The molecule has 0 atom stereocenters. The first kappa shape index (κ1) is 16.4. The molecule has 1 aromatic heterocycles. The molecule has 2 rings (SSSR count). The van der Waals surface area contributed by atoms with Crippen molar-refractivity contribution in [2.24, 2.45) is 0 Å². The molecule has 0 bridgehead atoms. The molecule has 1 amide bonds. The van der Waals surface area contributed by atoms with E-state index in [4.69, 9.17) is 0 Å². The van der Waals surface area contributed by atoms with Crippen LogP contribution in [0, 0.1) is 0 Å². The molecule has 0 aliphatic rings. The lowest BCUT2D eigenvalue weighted by atomic mass is 10.2. The van der Waals surface area contributed by atoms with Gasteiger partial charge >= 0.3 is 12.1 Å². The van der Waals surface area contributed by atoms with Crippen molar-refractivity contribution in [1.82, 2.24) is 20.2 Å². The number of anilines is 1. The fourth-order valence-corrected chi connectivity index (χ4v) is 1.55. The number of nitrogens with one attached hydrogen (secondary N) is 1.